The number of hydrazone groups is 1. The second-order valence-corrected chi connectivity index (χ2v) is 5.71. The van der Waals surface area contributed by atoms with Gasteiger partial charge in [0.15, 0.2) is 0 Å². The topological polar surface area (TPSA) is 74.8 Å². The van der Waals surface area contributed by atoms with Gasteiger partial charge >= 0.3 is 12.4 Å². The summed E-state index contributed by atoms with van der Waals surface area (Å²) in [6.07, 6.45) is -4.77. The third-order valence-electron chi connectivity index (χ3n) is 3.31. The number of anilines is 2. The normalized spacial score (nSPS) is 11.7. The smallest absolute Gasteiger partial charge is 0.406 e. The first kappa shape index (κ1) is 20.4. The van der Waals surface area contributed by atoms with Crippen molar-refractivity contribution in [1.29, 1.82) is 0 Å². The predicted octanol–water partition coefficient (Wildman–Crippen LogP) is 4.83. The molecule has 0 atom stereocenters. The summed E-state index contributed by atoms with van der Waals surface area (Å²) in [7, 11) is 1.74. The Hall–Kier alpha value is -2.94. The zero-order chi connectivity index (χ0) is 20.0. The minimum absolute atomic E-state index is 0.272. The first-order valence-corrected chi connectivity index (χ1v) is 8.00. The summed E-state index contributed by atoms with van der Waals surface area (Å²) < 4.78 is 40.1. The van der Waals surface area contributed by atoms with Crippen molar-refractivity contribution in [2.24, 2.45) is 5.10 Å². The van der Waals surface area contributed by atoms with Gasteiger partial charge in [-0.2, -0.15) is 5.10 Å². The molecule has 27 heavy (non-hydrogen) atoms. The molecule has 0 aliphatic carbocycles. The number of carbonyl (C=O) groups excluding carboxylic acids is 1. The quantitative estimate of drug-likeness (QED) is 0.497. The van der Waals surface area contributed by atoms with E-state index in [1.54, 1.807) is 32.2 Å². The maximum atomic E-state index is 12.1. The van der Waals surface area contributed by atoms with E-state index in [-0.39, 0.29) is 11.4 Å². The van der Waals surface area contributed by atoms with Gasteiger partial charge in [0.1, 0.15) is 5.75 Å². The van der Waals surface area contributed by atoms with Gasteiger partial charge in [0.2, 0.25) is 0 Å². The largest absolute Gasteiger partial charge is 0.573 e. The molecular weight excluding hydrogens is 385 g/mol. The lowest BCUT2D eigenvalue weighted by atomic mass is 10.1. The van der Waals surface area contributed by atoms with Gasteiger partial charge in [0.05, 0.1) is 5.71 Å². The number of ether oxygens (including phenoxy) is 1. The highest BCUT2D eigenvalue weighted by Crippen LogP contribution is 2.24. The molecule has 2 amide bonds. The third kappa shape index (κ3) is 6.37. The van der Waals surface area contributed by atoms with Crippen molar-refractivity contribution in [3.05, 3.63) is 53.1 Å². The number of amides is 2. The number of hydrogen-bond acceptors (Lipinski definition) is 4. The molecule has 6 nitrogen and oxygen atoms in total. The maximum absolute atomic E-state index is 12.1. The van der Waals surface area contributed by atoms with Crippen molar-refractivity contribution in [3.8, 4) is 5.75 Å². The van der Waals surface area contributed by atoms with Crippen molar-refractivity contribution in [3.63, 3.8) is 0 Å². The Balaban J connectivity index is 1.99. The zero-order valence-electron chi connectivity index (χ0n) is 14.3. The summed E-state index contributed by atoms with van der Waals surface area (Å²) in [5, 5.41) is 9.94. The minimum atomic E-state index is -4.77. The van der Waals surface area contributed by atoms with E-state index >= 15 is 0 Å². The Labute approximate surface area is 158 Å². The van der Waals surface area contributed by atoms with Gasteiger partial charge in [-0.1, -0.05) is 11.6 Å². The monoisotopic (exact) mass is 400 g/mol. The summed E-state index contributed by atoms with van der Waals surface area (Å²) in [4.78, 5) is 11.9. The van der Waals surface area contributed by atoms with Crippen LogP contribution < -0.4 is 20.8 Å². The summed E-state index contributed by atoms with van der Waals surface area (Å²) in [5.74, 6) is -0.386. The van der Waals surface area contributed by atoms with Crippen LogP contribution in [0.1, 0.15) is 12.5 Å². The van der Waals surface area contributed by atoms with Gasteiger partial charge in [0, 0.05) is 29.0 Å². The second kappa shape index (κ2) is 8.63. The SMILES string of the molecule is CNc1ccc(Cl)cc1/C(C)=N/NC(=O)Nc1ccc(OC(F)(F)F)cc1. The highest BCUT2D eigenvalue weighted by molar-refractivity contribution is 6.31. The molecule has 2 aromatic rings. The van der Waals surface area contributed by atoms with Crippen molar-refractivity contribution in [2.75, 3.05) is 17.7 Å². The molecular formula is C17H16ClF3N4O2. The van der Waals surface area contributed by atoms with Gasteiger partial charge in [-0.25, -0.2) is 10.2 Å². The molecule has 2 aromatic carbocycles. The first-order chi connectivity index (χ1) is 12.7. The third-order valence-corrected chi connectivity index (χ3v) is 3.55. The zero-order valence-corrected chi connectivity index (χ0v) is 15.1. The van der Waals surface area contributed by atoms with Crippen LogP contribution in [0.2, 0.25) is 5.02 Å². The number of urea groups is 1. The summed E-state index contributed by atoms with van der Waals surface area (Å²) in [6, 6.07) is 9.25. The van der Waals surface area contributed by atoms with Gasteiger partial charge < -0.3 is 15.4 Å². The number of nitrogens with one attached hydrogen (secondary N) is 3. The molecule has 0 unspecified atom stereocenters. The minimum Gasteiger partial charge on any atom is -0.406 e. The number of nitrogens with zero attached hydrogens (tertiary/aromatic N) is 1. The molecule has 0 aliphatic heterocycles. The van der Waals surface area contributed by atoms with E-state index in [0.717, 1.165) is 17.8 Å². The molecule has 144 valence electrons. The lowest BCUT2D eigenvalue weighted by molar-refractivity contribution is -0.274. The Morgan fingerprint density at radius 2 is 1.81 bits per heavy atom. The van der Waals surface area contributed by atoms with Gasteiger partial charge in [-0.05, 0) is 49.4 Å². The van der Waals surface area contributed by atoms with E-state index in [1.807, 2.05) is 0 Å². The molecule has 0 heterocycles. The van der Waals surface area contributed by atoms with Crippen LogP contribution in [0.3, 0.4) is 0 Å². The van der Waals surface area contributed by atoms with Crippen molar-refractivity contribution >= 4 is 34.7 Å². The Kier molecular flexibility index (Phi) is 6.51. The Morgan fingerprint density at radius 1 is 1.15 bits per heavy atom. The average Bonchev–Trinajstić information content (AvgIpc) is 2.60. The molecule has 0 aromatic heterocycles. The van der Waals surface area contributed by atoms with E-state index in [4.69, 9.17) is 11.6 Å². The van der Waals surface area contributed by atoms with Gasteiger partial charge in [-0.15, -0.1) is 13.2 Å². The fourth-order valence-electron chi connectivity index (χ4n) is 2.13. The first-order valence-electron chi connectivity index (χ1n) is 7.62. The molecule has 0 radical (unpaired) electrons. The molecule has 0 saturated carbocycles. The Morgan fingerprint density at radius 3 is 2.41 bits per heavy atom. The van der Waals surface area contributed by atoms with Crippen LogP contribution in [0.5, 0.6) is 5.75 Å². The summed E-state index contributed by atoms with van der Waals surface area (Å²) in [6.45, 7) is 1.69. The van der Waals surface area contributed by atoms with E-state index in [9.17, 15) is 18.0 Å². The van der Waals surface area contributed by atoms with Crippen LogP contribution in [-0.2, 0) is 0 Å². The number of hydrogen-bond donors (Lipinski definition) is 3. The number of carbonyl (C=O) groups is 1. The summed E-state index contributed by atoms with van der Waals surface area (Å²) >= 11 is 5.98. The molecule has 3 N–H and O–H groups in total. The predicted molar refractivity (Wildman–Crippen MR) is 98.5 cm³/mol. The molecule has 0 aliphatic rings. The molecule has 10 heteroatoms. The van der Waals surface area contributed by atoms with E-state index in [0.29, 0.717) is 16.3 Å². The van der Waals surface area contributed by atoms with Gasteiger partial charge in [0.25, 0.3) is 0 Å². The number of halogens is 4. The standard InChI is InChI=1S/C17H16ClF3N4O2/c1-10(14-9-11(18)3-8-15(14)22-2)24-25-16(26)23-12-4-6-13(7-5-12)27-17(19,20)21/h3-9,22H,1-2H3,(H2,23,25,26)/b24-10+. The van der Waals surface area contributed by atoms with Crippen molar-refractivity contribution < 1.29 is 22.7 Å². The second-order valence-electron chi connectivity index (χ2n) is 5.28. The maximum Gasteiger partial charge on any atom is 0.573 e. The Bertz CT molecular complexity index is 839. The van der Waals surface area contributed by atoms with Crippen LogP contribution in [0.15, 0.2) is 47.6 Å². The average molecular weight is 401 g/mol. The van der Waals surface area contributed by atoms with E-state index in [1.165, 1.54) is 12.1 Å². The van der Waals surface area contributed by atoms with E-state index < -0.39 is 12.4 Å². The lowest BCUT2D eigenvalue weighted by Gasteiger charge is -2.11. The number of rotatable bonds is 5. The van der Waals surface area contributed by atoms with Gasteiger partial charge in [-0.3, -0.25) is 0 Å². The lowest BCUT2D eigenvalue weighted by Crippen LogP contribution is -2.25. The van der Waals surface area contributed by atoms with Crippen LogP contribution in [0, 0.1) is 0 Å². The fourth-order valence-corrected chi connectivity index (χ4v) is 2.30. The molecule has 0 bridgehead atoms. The molecule has 0 spiro atoms. The number of alkyl halides is 3. The molecule has 2 rings (SSSR count). The molecule has 0 saturated heterocycles. The fraction of sp³-hybridized carbons (Fsp3) is 0.176. The van der Waals surface area contributed by atoms with Crippen LogP contribution in [0.25, 0.3) is 0 Å². The van der Waals surface area contributed by atoms with Crippen LogP contribution >= 0.6 is 11.6 Å². The van der Waals surface area contributed by atoms with Crippen LogP contribution in [0.4, 0.5) is 29.3 Å². The van der Waals surface area contributed by atoms with Crippen molar-refractivity contribution in [2.45, 2.75) is 13.3 Å². The highest BCUT2D eigenvalue weighted by Gasteiger charge is 2.30. The highest BCUT2D eigenvalue weighted by atomic mass is 35.5. The van der Waals surface area contributed by atoms with E-state index in [2.05, 4.69) is 25.9 Å². The molecule has 0 fully saturated rings. The summed E-state index contributed by atoms with van der Waals surface area (Å²) in [5.41, 5.74) is 4.57. The number of benzene rings is 2. The van der Waals surface area contributed by atoms with Crippen LogP contribution in [-0.4, -0.2) is 25.2 Å². The van der Waals surface area contributed by atoms with Crippen molar-refractivity contribution in [1.82, 2.24) is 5.43 Å².